The molecule has 7 heteroatoms. The van der Waals surface area contributed by atoms with E-state index in [1.807, 2.05) is 24.3 Å². The normalized spacial score (nSPS) is 11.2. The van der Waals surface area contributed by atoms with Crippen LogP contribution in [0.25, 0.3) is 0 Å². The van der Waals surface area contributed by atoms with Gasteiger partial charge in [-0.2, -0.15) is 0 Å². The van der Waals surface area contributed by atoms with Gasteiger partial charge >= 0.3 is 0 Å². The summed E-state index contributed by atoms with van der Waals surface area (Å²) in [6.45, 7) is 1.03. The van der Waals surface area contributed by atoms with E-state index in [0.717, 1.165) is 16.5 Å². The number of methoxy groups -OCH3 is 2. The molecule has 26 heavy (non-hydrogen) atoms. The Labute approximate surface area is 161 Å². The van der Waals surface area contributed by atoms with Gasteiger partial charge in [0, 0.05) is 30.2 Å². The lowest BCUT2D eigenvalue weighted by molar-refractivity contribution is 0.354. The molecule has 0 amide bonds. The first-order chi connectivity index (χ1) is 12.6. The Balaban J connectivity index is 1.85. The topological polar surface area (TPSA) is 54.9 Å². The Morgan fingerprint density at radius 3 is 2.50 bits per heavy atom. The number of ether oxygens (including phenoxy) is 2. The van der Waals surface area contributed by atoms with Gasteiger partial charge in [0.1, 0.15) is 5.82 Å². The molecule has 0 fully saturated rings. The Bertz CT molecular complexity index is 768. The number of rotatable bonds is 7. The zero-order valence-electron chi connectivity index (χ0n) is 15.1. The Morgan fingerprint density at radius 1 is 1.08 bits per heavy atom. The molecule has 2 rings (SSSR count). The third-order valence-electron chi connectivity index (χ3n) is 3.84. The zero-order chi connectivity index (χ0) is 18.9. The molecule has 0 atom stereocenters. The molecule has 0 aliphatic heterocycles. The molecule has 0 aliphatic rings. The van der Waals surface area contributed by atoms with Crippen molar-refractivity contribution >= 4 is 21.9 Å². The first kappa shape index (κ1) is 20.0. The minimum atomic E-state index is -0.257. The van der Waals surface area contributed by atoms with Gasteiger partial charge in [0.05, 0.1) is 14.2 Å². The van der Waals surface area contributed by atoms with Gasteiger partial charge in [-0.25, -0.2) is 4.39 Å². The second kappa shape index (κ2) is 10.0. The molecule has 2 aromatic carbocycles. The quantitative estimate of drug-likeness (QED) is 0.528. The average Bonchev–Trinajstić information content (AvgIpc) is 2.65. The third-order valence-corrected chi connectivity index (χ3v) is 4.33. The van der Waals surface area contributed by atoms with Crippen molar-refractivity contribution in [1.82, 2.24) is 10.6 Å². The number of guanidine groups is 1. The molecule has 2 N–H and O–H groups in total. The SMILES string of the molecule is CN=C(NCCc1ccc(OC)c(OC)c1)NCc1ccc(Br)cc1F. The molecule has 0 spiro atoms. The van der Waals surface area contributed by atoms with Gasteiger partial charge in [-0.15, -0.1) is 0 Å². The summed E-state index contributed by atoms with van der Waals surface area (Å²) in [6, 6.07) is 10.8. The van der Waals surface area contributed by atoms with E-state index in [1.54, 1.807) is 27.3 Å². The van der Waals surface area contributed by atoms with Gasteiger partial charge in [0.15, 0.2) is 17.5 Å². The van der Waals surface area contributed by atoms with Crippen molar-refractivity contribution in [2.75, 3.05) is 27.8 Å². The second-order valence-electron chi connectivity index (χ2n) is 5.53. The van der Waals surface area contributed by atoms with Crippen LogP contribution in [0.1, 0.15) is 11.1 Å². The fraction of sp³-hybridized carbons (Fsp3) is 0.316. The van der Waals surface area contributed by atoms with Crippen LogP contribution in [0.5, 0.6) is 11.5 Å². The van der Waals surface area contributed by atoms with Crippen LogP contribution in [0.3, 0.4) is 0 Å². The van der Waals surface area contributed by atoms with Crippen LogP contribution in [0.2, 0.25) is 0 Å². The summed E-state index contributed by atoms with van der Waals surface area (Å²) in [4.78, 5) is 4.16. The van der Waals surface area contributed by atoms with Crippen molar-refractivity contribution in [1.29, 1.82) is 0 Å². The van der Waals surface area contributed by atoms with Crippen LogP contribution in [-0.4, -0.2) is 33.8 Å². The van der Waals surface area contributed by atoms with Crippen molar-refractivity contribution in [2.24, 2.45) is 4.99 Å². The lowest BCUT2D eigenvalue weighted by Crippen LogP contribution is -2.38. The van der Waals surface area contributed by atoms with Gasteiger partial charge in [-0.05, 0) is 36.2 Å². The van der Waals surface area contributed by atoms with Gasteiger partial charge in [0.2, 0.25) is 0 Å². The molecule has 0 unspecified atom stereocenters. The van der Waals surface area contributed by atoms with E-state index < -0.39 is 0 Å². The lowest BCUT2D eigenvalue weighted by atomic mass is 10.1. The van der Waals surface area contributed by atoms with Gasteiger partial charge in [-0.1, -0.05) is 28.1 Å². The minimum absolute atomic E-state index is 0.257. The minimum Gasteiger partial charge on any atom is -0.493 e. The summed E-state index contributed by atoms with van der Waals surface area (Å²) >= 11 is 3.25. The largest absolute Gasteiger partial charge is 0.493 e. The molecular weight excluding hydrogens is 401 g/mol. The average molecular weight is 424 g/mol. The van der Waals surface area contributed by atoms with Gasteiger partial charge in [0.25, 0.3) is 0 Å². The third kappa shape index (κ3) is 5.62. The standard InChI is InChI=1S/C19H23BrFN3O2/c1-22-19(24-12-14-5-6-15(20)11-16(14)21)23-9-8-13-4-7-17(25-2)18(10-13)26-3/h4-7,10-11H,8-9,12H2,1-3H3,(H2,22,23,24). The van der Waals surface area contributed by atoms with Crippen LogP contribution >= 0.6 is 15.9 Å². The fourth-order valence-electron chi connectivity index (χ4n) is 2.43. The van der Waals surface area contributed by atoms with Crippen molar-refractivity contribution in [3.63, 3.8) is 0 Å². The summed E-state index contributed by atoms with van der Waals surface area (Å²) in [5.74, 6) is 1.77. The number of nitrogens with one attached hydrogen (secondary N) is 2. The number of nitrogens with zero attached hydrogens (tertiary/aromatic N) is 1. The molecule has 5 nitrogen and oxygen atoms in total. The maximum absolute atomic E-state index is 13.9. The number of halogens is 2. The van der Waals surface area contributed by atoms with Crippen molar-refractivity contribution in [3.8, 4) is 11.5 Å². The molecule has 0 heterocycles. The molecule has 0 aliphatic carbocycles. The summed E-state index contributed by atoms with van der Waals surface area (Å²) in [5.41, 5.74) is 1.69. The van der Waals surface area contributed by atoms with Gasteiger partial charge in [-0.3, -0.25) is 4.99 Å². The van der Waals surface area contributed by atoms with Crippen LogP contribution in [0.4, 0.5) is 4.39 Å². The van der Waals surface area contributed by atoms with E-state index in [0.29, 0.717) is 36.1 Å². The van der Waals surface area contributed by atoms with Crippen molar-refractivity contribution in [3.05, 3.63) is 57.8 Å². The van der Waals surface area contributed by atoms with Gasteiger partial charge < -0.3 is 20.1 Å². The molecule has 0 bridgehead atoms. The highest BCUT2D eigenvalue weighted by atomic mass is 79.9. The number of hydrogen-bond acceptors (Lipinski definition) is 3. The predicted molar refractivity (Wildman–Crippen MR) is 106 cm³/mol. The van der Waals surface area contributed by atoms with E-state index in [9.17, 15) is 4.39 Å². The van der Waals surface area contributed by atoms with E-state index in [1.165, 1.54) is 6.07 Å². The second-order valence-corrected chi connectivity index (χ2v) is 6.44. The smallest absolute Gasteiger partial charge is 0.191 e. The summed E-state index contributed by atoms with van der Waals surface area (Å²) in [6.07, 6.45) is 0.785. The lowest BCUT2D eigenvalue weighted by Gasteiger charge is -2.13. The highest BCUT2D eigenvalue weighted by molar-refractivity contribution is 9.10. The van der Waals surface area contributed by atoms with E-state index in [-0.39, 0.29) is 5.82 Å². The van der Waals surface area contributed by atoms with Crippen molar-refractivity contribution < 1.29 is 13.9 Å². The molecule has 0 saturated carbocycles. The molecular formula is C19H23BrFN3O2. The molecule has 2 aromatic rings. The van der Waals surface area contributed by atoms with E-state index >= 15 is 0 Å². The number of hydrogen-bond donors (Lipinski definition) is 2. The van der Waals surface area contributed by atoms with E-state index in [2.05, 4.69) is 31.6 Å². The molecule has 140 valence electrons. The van der Waals surface area contributed by atoms with Crippen LogP contribution in [0, 0.1) is 5.82 Å². The van der Waals surface area contributed by atoms with Crippen LogP contribution < -0.4 is 20.1 Å². The van der Waals surface area contributed by atoms with E-state index in [4.69, 9.17) is 9.47 Å². The van der Waals surface area contributed by atoms with Crippen LogP contribution in [-0.2, 0) is 13.0 Å². The van der Waals surface area contributed by atoms with Crippen molar-refractivity contribution in [2.45, 2.75) is 13.0 Å². The summed E-state index contributed by atoms with van der Waals surface area (Å²) in [7, 11) is 4.92. The predicted octanol–water partition coefficient (Wildman–Crippen LogP) is 3.51. The molecule has 0 saturated heterocycles. The molecule has 0 aromatic heterocycles. The first-order valence-electron chi connectivity index (χ1n) is 8.16. The highest BCUT2D eigenvalue weighted by Crippen LogP contribution is 2.27. The Kier molecular flexibility index (Phi) is 7.72. The maximum Gasteiger partial charge on any atom is 0.191 e. The van der Waals surface area contributed by atoms with Crippen LogP contribution in [0.15, 0.2) is 45.9 Å². The Morgan fingerprint density at radius 2 is 1.85 bits per heavy atom. The number of aliphatic imine (C=N–C) groups is 1. The monoisotopic (exact) mass is 423 g/mol. The molecule has 0 radical (unpaired) electrons. The zero-order valence-corrected chi connectivity index (χ0v) is 16.7. The maximum atomic E-state index is 13.9. The first-order valence-corrected chi connectivity index (χ1v) is 8.96. The number of benzene rings is 2. The fourth-order valence-corrected chi connectivity index (χ4v) is 2.76. The Hall–Kier alpha value is -2.28. The summed E-state index contributed by atoms with van der Waals surface area (Å²) < 4.78 is 25.1. The highest BCUT2D eigenvalue weighted by Gasteiger charge is 2.06. The summed E-state index contributed by atoms with van der Waals surface area (Å²) in [5, 5.41) is 6.33.